The minimum absolute atomic E-state index is 0.336. The predicted octanol–water partition coefficient (Wildman–Crippen LogP) is 4.86. The summed E-state index contributed by atoms with van der Waals surface area (Å²) in [5.74, 6) is 0.336. The average molecular weight is 239 g/mol. The normalized spacial score (nSPS) is 19.2. The van der Waals surface area contributed by atoms with Gasteiger partial charge in [0.15, 0.2) is 0 Å². The van der Waals surface area contributed by atoms with Gasteiger partial charge in [0.25, 0.3) is 0 Å². The van der Waals surface area contributed by atoms with Crippen LogP contribution >= 0.6 is 0 Å². The van der Waals surface area contributed by atoms with E-state index in [1.807, 2.05) is 6.07 Å². The Morgan fingerprint density at radius 2 is 2.06 bits per heavy atom. The van der Waals surface area contributed by atoms with Gasteiger partial charge in [-0.1, -0.05) is 61.9 Å². The molecule has 1 atom stereocenters. The van der Waals surface area contributed by atoms with Crippen LogP contribution in [0.1, 0.15) is 38.2 Å². The fourth-order valence-corrected chi connectivity index (χ4v) is 2.39. The molecule has 0 amide bonds. The molecule has 1 aromatic carbocycles. The maximum absolute atomic E-state index is 8.08. The summed E-state index contributed by atoms with van der Waals surface area (Å²) in [6.45, 7) is 2.14. The first-order valence-corrected chi connectivity index (χ1v) is 6.82. The van der Waals surface area contributed by atoms with E-state index in [1.54, 1.807) is 0 Å². The molecule has 1 aliphatic rings. The molecule has 0 heterocycles. The summed E-state index contributed by atoms with van der Waals surface area (Å²) < 4.78 is 0. The number of benzene rings is 1. The van der Waals surface area contributed by atoms with Crippen molar-refractivity contribution in [1.29, 1.82) is 5.41 Å². The molecule has 2 rings (SSSR count). The van der Waals surface area contributed by atoms with Crippen LogP contribution in [-0.2, 0) is 0 Å². The molecule has 1 aliphatic carbocycles. The molecule has 0 aliphatic heterocycles. The van der Waals surface area contributed by atoms with Gasteiger partial charge in [-0.15, -0.1) is 0 Å². The summed E-state index contributed by atoms with van der Waals surface area (Å²) in [6.07, 6.45) is 10.8. The Balaban J connectivity index is 2.11. The fraction of sp³-hybridized carbons (Fsp3) is 0.353. The smallest absolute Gasteiger partial charge is 0.0158 e. The summed E-state index contributed by atoms with van der Waals surface area (Å²) in [6, 6.07) is 10.5. The van der Waals surface area contributed by atoms with Crippen LogP contribution in [0.4, 0.5) is 0 Å². The summed E-state index contributed by atoms with van der Waals surface area (Å²) in [5.41, 5.74) is 3.45. The molecule has 94 valence electrons. The molecule has 0 spiro atoms. The van der Waals surface area contributed by atoms with Gasteiger partial charge in [0.2, 0.25) is 0 Å². The van der Waals surface area contributed by atoms with Crippen molar-refractivity contribution in [2.24, 2.45) is 5.92 Å². The molecule has 1 nitrogen and oxygen atoms in total. The van der Waals surface area contributed by atoms with Crippen LogP contribution in [0.3, 0.4) is 0 Å². The topological polar surface area (TPSA) is 23.9 Å². The van der Waals surface area contributed by atoms with Crippen molar-refractivity contribution in [3.63, 3.8) is 0 Å². The van der Waals surface area contributed by atoms with Gasteiger partial charge in [0.05, 0.1) is 0 Å². The van der Waals surface area contributed by atoms with E-state index in [0.717, 1.165) is 31.4 Å². The van der Waals surface area contributed by atoms with Crippen LogP contribution in [0.5, 0.6) is 0 Å². The molecular weight excluding hydrogens is 218 g/mol. The first-order valence-electron chi connectivity index (χ1n) is 6.82. The molecule has 0 radical (unpaired) electrons. The van der Waals surface area contributed by atoms with Crippen molar-refractivity contribution in [3.05, 3.63) is 54.1 Å². The number of nitrogens with one attached hydrogen (secondary N) is 1. The van der Waals surface area contributed by atoms with E-state index >= 15 is 0 Å². The number of hydrogen-bond donors (Lipinski definition) is 1. The highest BCUT2D eigenvalue weighted by Crippen LogP contribution is 2.24. The minimum atomic E-state index is 0.336. The third-order valence-corrected chi connectivity index (χ3v) is 3.42. The Labute approximate surface area is 110 Å². The van der Waals surface area contributed by atoms with E-state index in [4.69, 9.17) is 5.41 Å². The Bertz CT molecular complexity index is 454. The zero-order valence-corrected chi connectivity index (χ0v) is 11.0. The Kier molecular flexibility index (Phi) is 4.52. The highest BCUT2D eigenvalue weighted by Gasteiger charge is 2.12. The van der Waals surface area contributed by atoms with Crippen LogP contribution in [0.15, 0.2) is 48.6 Å². The SMILES string of the molecule is CCCC(=N)C1C=CC(c2ccccc2)=CCC1. The van der Waals surface area contributed by atoms with E-state index in [1.165, 1.54) is 11.1 Å². The van der Waals surface area contributed by atoms with Crippen molar-refractivity contribution in [2.45, 2.75) is 32.6 Å². The van der Waals surface area contributed by atoms with Crippen molar-refractivity contribution < 1.29 is 0 Å². The van der Waals surface area contributed by atoms with E-state index in [9.17, 15) is 0 Å². The molecule has 0 fully saturated rings. The van der Waals surface area contributed by atoms with Crippen LogP contribution in [0.25, 0.3) is 5.57 Å². The second kappa shape index (κ2) is 6.34. The van der Waals surface area contributed by atoms with Crippen LogP contribution < -0.4 is 0 Å². The van der Waals surface area contributed by atoms with Gasteiger partial charge in [-0.2, -0.15) is 0 Å². The van der Waals surface area contributed by atoms with Crippen LogP contribution in [0.2, 0.25) is 0 Å². The van der Waals surface area contributed by atoms with Gasteiger partial charge in [0.1, 0.15) is 0 Å². The summed E-state index contributed by atoms with van der Waals surface area (Å²) in [5, 5.41) is 8.08. The van der Waals surface area contributed by atoms with E-state index in [-0.39, 0.29) is 0 Å². The van der Waals surface area contributed by atoms with Gasteiger partial charge in [-0.25, -0.2) is 0 Å². The first kappa shape index (κ1) is 12.8. The summed E-state index contributed by atoms with van der Waals surface area (Å²) in [7, 11) is 0. The Hall–Kier alpha value is -1.63. The van der Waals surface area contributed by atoms with Crippen molar-refractivity contribution in [3.8, 4) is 0 Å². The fourth-order valence-electron chi connectivity index (χ4n) is 2.39. The van der Waals surface area contributed by atoms with Crippen molar-refractivity contribution in [1.82, 2.24) is 0 Å². The first-order chi connectivity index (χ1) is 8.81. The Morgan fingerprint density at radius 1 is 1.28 bits per heavy atom. The maximum Gasteiger partial charge on any atom is 0.0158 e. The van der Waals surface area contributed by atoms with Crippen LogP contribution in [0, 0.1) is 11.3 Å². The molecule has 0 saturated carbocycles. The van der Waals surface area contributed by atoms with Gasteiger partial charge < -0.3 is 5.41 Å². The second-order valence-corrected chi connectivity index (χ2v) is 4.84. The number of allylic oxidation sites excluding steroid dienone is 4. The van der Waals surface area contributed by atoms with E-state index in [0.29, 0.717) is 5.92 Å². The predicted molar refractivity (Wildman–Crippen MR) is 78.9 cm³/mol. The highest BCUT2D eigenvalue weighted by atomic mass is 14.4. The van der Waals surface area contributed by atoms with Gasteiger partial charge >= 0.3 is 0 Å². The largest absolute Gasteiger partial charge is 0.309 e. The zero-order valence-electron chi connectivity index (χ0n) is 11.0. The van der Waals surface area contributed by atoms with Gasteiger partial charge in [-0.3, -0.25) is 0 Å². The Morgan fingerprint density at radius 3 is 2.78 bits per heavy atom. The third-order valence-electron chi connectivity index (χ3n) is 3.42. The lowest BCUT2D eigenvalue weighted by Crippen LogP contribution is -2.09. The number of rotatable bonds is 4. The summed E-state index contributed by atoms with van der Waals surface area (Å²) in [4.78, 5) is 0. The lowest BCUT2D eigenvalue weighted by atomic mass is 9.95. The van der Waals surface area contributed by atoms with Crippen LogP contribution in [-0.4, -0.2) is 5.71 Å². The van der Waals surface area contributed by atoms with E-state index < -0.39 is 0 Å². The lowest BCUT2D eigenvalue weighted by Gasteiger charge is -2.11. The monoisotopic (exact) mass is 239 g/mol. The highest BCUT2D eigenvalue weighted by molar-refractivity contribution is 5.86. The minimum Gasteiger partial charge on any atom is -0.309 e. The molecule has 1 unspecified atom stereocenters. The molecule has 18 heavy (non-hydrogen) atoms. The quantitative estimate of drug-likeness (QED) is 0.726. The molecule has 0 aromatic heterocycles. The second-order valence-electron chi connectivity index (χ2n) is 4.84. The molecule has 1 heteroatoms. The van der Waals surface area contributed by atoms with Crippen molar-refractivity contribution >= 4 is 11.3 Å². The standard InChI is InChI=1S/C17H21N/c1-2-7-17(18)16-11-6-10-15(12-13-16)14-8-4-3-5-9-14/h3-5,8-10,12-13,16,18H,2,6-7,11H2,1H3. The van der Waals surface area contributed by atoms with Gasteiger partial charge in [-0.05, 0) is 30.4 Å². The third kappa shape index (κ3) is 3.19. The molecule has 0 saturated heterocycles. The average Bonchev–Trinajstić information content (AvgIpc) is 2.66. The summed E-state index contributed by atoms with van der Waals surface area (Å²) >= 11 is 0. The van der Waals surface area contributed by atoms with Gasteiger partial charge in [0, 0.05) is 11.6 Å². The molecule has 1 aromatic rings. The molecule has 0 bridgehead atoms. The zero-order chi connectivity index (χ0) is 12.8. The lowest BCUT2D eigenvalue weighted by molar-refractivity contribution is 0.735. The number of hydrogen-bond acceptors (Lipinski definition) is 1. The molecular formula is C17H21N. The maximum atomic E-state index is 8.08. The van der Waals surface area contributed by atoms with Crippen molar-refractivity contribution in [2.75, 3.05) is 0 Å². The molecule has 1 N–H and O–H groups in total. The van der Waals surface area contributed by atoms with E-state index in [2.05, 4.69) is 49.4 Å².